The summed E-state index contributed by atoms with van der Waals surface area (Å²) < 4.78 is 6.19. The number of aromatic amines is 1. The average molecular weight is 326 g/mol. The first-order chi connectivity index (χ1) is 11.8. The zero-order valence-corrected chi connectivity index (χ0v) is 13.6. The summed E-state index contributed by atoms with van der Waals surface area (Å²) in [6, 6.07) is 10.4. The van der Waals surface area contributed by atoms with Gasteiger partial charge in [0.15, 0.2) is 0 Å². The molecule has 1 amide bonds. The molecular weight excluding hydrogens is 304 g/mol. The number of carbonyl (C=O) groups is 1. The van der Waals surface area contributed by atoms with Crippen molar-refractivity contribution in [1.82, 2.24) is 14.9 Å². The number of nitrogens with zero attached hydrogens (tertiary/aromatic N) is 3. The first-order valence-electron chi connectivity index (χ1n) is 8.47. The third-order valence-electron chi connectivity index (χ3n) is 4.93. The fourth-order valence-corrected chi connectivity index (χ4v) is 3.77. The lowest BCUT2D eigenvalue weighted by Crippen LogP contribution is -2.60. The van der Waals surface area contributed by atoms with Gasteiger partial charge in [-0.15, -0.1) is 0 Å². The number of imidazole rings is 1. The van der Waals surface area contributed by atoms with Gasteiger partial charge < -0.3 is 19.5 Å². The van der Waals surface area contributed by atoms with Crippen molar-refractivity contribution >= 4 is 11.6 Å². The number of hydrogen-bond acceptors (Lipinski definition) is 4. The fourth-order valence-electron chi connectivity index (χ4n) is 3.77. The van der Waals surface area contributed by atoms with E-state index in [4.69, 9.17) is 4.74 Å². The lowest BCUT2D eigenvalue weighted by molar-refractivity contribution is -0.105. The third kappa shape index (κ3) is 2.89. The average Bonchev–Trinajstić information content (AvgIpc) is 3.17. The summed E-state index contributed by atoms with van der Waals surface area (Å²) in [6.45, 7) is 3.70. The predicted octanol–water partition coefficient (Wildman–Crippen LogP) is 1.92. The van der Waals surface area contributed by atoms with E-state index in [1.165, 1.54) is 5.69 Å². The Labute approximate surface area is 141 Å². The molecule has 2 aromatic rings. The largest absolute Gasteiger partial charge is 0.369 e. The Bertz CT molecular complexity index is 684. The summed E-state index contributed by atoms with van der Waals surface area (Å²) in [7, 11) is 0. The van der Waals surface area contributed by atoms with Crippen LogP contribution in [0.1, 0.15) is 23.3 Å². The molecule has 1 aromatic carbocycles. The smallest absolute Gasteiger partial charge is 0.272 e. The van der Waals surface area contributed by atoms with Gasteiger partial charge in [0.05, 0.1) is 25.7 Å². The zero-order chi connectivity index (χ0) is 16.4. The van der Waals surface area contributed by atoms with Gasteiger partial charge in [-0.2, -0.15) is 0 Å². The van der Waals surface area contributed by atoms with E-state index < -0.39 is 0 Å². The van der Waals surface area contributed by atoms with Gasteiger partial charge >= 0.3 is 0 Å². The number of hydrogen-bond donors (Lipinski definition) is 1. The number of rotatable bonds is 2. The molecule has 1 aromatic heterocycles. The molecule has 6 heteroatoms. The van der Waals surface area contributed by atoms with Gasteiger partial charge in [-0.1, -0.05) is 18.2 Å². The van der Waals surface area contributed by atoms with Crippen LogP contribution in [-0.4, -0.2) is 59.2 Å². The maximum absolute atomic E-state index is 12.6. The molecule has 2 saturated heterocycles. The standard InChI is InChI=1S/C18H22N4O2/c23-17(16-11-19-14-20-16)22-9-10-24-18(13-22)7-4-8-21(12-18)15-5-2-1-3-6-15/h1-3,5-6,11,14H,4,7-10,12-13H2,(H,19,20). The topological polar surface area (TPSA) is 61.5 Å². The van der Waals surface area contributed by atoms with Crippen molar-refractivity contribution in [3.8, 4) is 0 Å². The van der Waals surface area contributed by atoms with E-state index >= 15 is 0 Å². The normalized spacial score (nSPS) is 24.3. The number of aromatic nitrogens is 2. The minimum absolute atomic E-state index is 0.00649. The minimum Gasteiger partial charge on any atom is -0.369 e. The van der Waals surface area contributed by atoms with Crippen LogP contribution < -0.4 is 4.90 Å². The highest BCUT2D eigenvalue weighted by Crippen LogP contribution is 2.32. The monoisotopic (exact) mass is 326 g/mol. The third-order valence-corrected chi connectivity index (χ3v) is 4.93. The van der Waals surface area contributed by atoms with Crippen LogP contribution >= 0.6 is 0 Å². The van der Waals surface area contributed by atoms with Crippen molar-refractivity contribution in [3.63, 3.8) is 0 Å². The van der Waals surface area contributed by atoms with Gasteiger partial charge in [0.25, 0.3) is 5.91 Å². The second kappa shape index (κ2) is 6.28. The number of piperidine rings is 1. The van der Waals surface area contributed by atoms with Crippen LogP contribution in [0.4, 0.5) is 5.69 Å². The van der Waals surface area contributed by atoms with E-state index in [1.807, 2.05) is 11.0 Å². The summed E-state index contributed by atoms with van der Waals surface area (Å²) >= 11 is 0. The van der Waals surface area contributed by atoms with Crippen LogP contribution in [-0.2, 0) is 4.74 Å². The van der Waals surface area contributed by atoms with Crippen LogP contribution in [0.2, 0.25) is 0 Å². The number of para-hydroxylation sites is 1. The molecule has 1 spiro atoms. The molecule has 2 fully saturated rings. The van der Waals surface area contributed by atoms with E-state index in [0.29, 0.717) is 25.4 Å². The van der Waals surface area contributed by atoms with Gasteiger partial charge in [-0.25, -0.2) is 4.98 Å². The van der Waals surface area contributed by atoms with E-state index in [-0.39, 0.29) is 11.5 Å². The van der Waals surface area contributed by atoms with Crippen molar-refractivity contribution in [2.45, 2.75) is 18.4 Å². The van der Waals surface area contributed by atoms with E-state index in [0.717, 1.165) is 25.9 Å². The van der Waals surface area contributed by atoms with Crippen molar-refractivity contribution in [1.29, 1.82) is 0 Å². The Morgan fingerprint density at radius 3 is 2.88 bits per heavy atom. The molecular formula is C18H22N4O2. The first kappa shape index (κ1) is 15.2. The Morgan fingerprint density at radius 1 is 1.21 bits per heavy atom. The number of ether oxygens (including phenoxy) is 1. The summed E-state index contributed by atoms with van der Waals surface area (Å²) in [5.41, 5.74) is 1.49. The number of morpholine rings is 1. The zero-order valence-electron chi connectivity index (χ0n) is 13.6. The molecule has 0 bridgehead atoms. The SMILES string of the molecule is O=C(c1cnc[nH]1)N1CCOC2(CCCN(c3ccccc3)C2)C1. The van der Waals surface area contributed by atoms with E-state index in [9.17, 15) is 4.79 Å². The van der Waals surface area contributed by atoms with Crippen LogP contribution in [0.25, 0.3) is 0 Å². The highest BCUT2D eigenvalue weighted by atomic mass is 16.5. The summed E-state index contributed by atoms with van der Waals surface area (Å²) in [5, 5.41) is 0. The summed E-state index contributed by atoms with van der Waals surface area (Å²) in [5.74, 6) is 0.00649. The molecule has 0 saturated carbocycles. The van der Waals surface area contributed by atoms with Gasteiger partial charge in [0.1, 0.15) is 11.3 Å². The van der Waals surface area contributed by atoms with Gasteiger partial charge in [-0.05, 0) is 25.0 Å². The Morgan fingerprint density at radius 2 is 2.08 bits per heavy atom. The van der Waals surface area contributed by atoms with Crippen LogP contribution in [0, 0.1) is 0 Å². The Hall–Kier alpha value is -2.34. The lowest BCUT2D eigenvalue weighted by Gasteiger charge is -2.48. The van der Waals surface area contributed by atoms with Crippen LogP contribution in [0.5, 0.6) is 0 Å². The van der Waals surface area contributed by atoms with Gasteiger partial charge in [-0.3, -0.25) is 4.79 Å². The number of amides is 1. The maximum atomic E-state index is 12.6. The van der Waals surface area contributed by atoms with Crippen molar-refractivity contribution < 1.29 is 9.53 Å². The molecule has 24 heavy (non-hydrogen) atoms. The second-order valence-corrected chi connectivity index (χ2v) is 6.58. The molecule has 4 rings (SSSR count). The van der Waals surface area contributed by atoms with Crippen molar-refractivity contribution in [2.24, 2.45) is 0 Å². The summed E-state index contributed by atoms with van der Waals surface area (Å²) in [4.78, 5) is 23.7. The highest BCUT2D eigenvalue weighted by Gasteiger charge is 2.42. The van der Waals surface area contributed by atoms with Gasteiger partial charge in [0.2, 0.25) is 0 Å². The van der Waals surface area contributed by atoms with Gasteiger partial charge in [0, 0.05) is 25.3 Å². The number of anilines is 1. The maximum Gasteiger partial charge on any atom is 0.272 e. The van der Waals surface area contributed by atoms with Crippen molar-refractivity contribution in [3.05, 3.63) is 48.5 Å². The molecule has 1 atom stereocenters. The van der Waals surface area contributed by atoms with Crippen LogP contribution in [0.3, 0.4) is 0 Å². The molecule has 6 nitrogen and oxygen atoms in total. The number of H-pyrrole nitrogens is 1. The molecule has 0 aliphatic carbocycles. The quantitative estimate of drug-likeness (QED) is 0.916. The molecule has 1 N–H and O–H groups in total. The van der Waals surface area contributed by atoms with Crippen LogP contribution in [0.15, 0.2) is 42.9 Å². The molecule has 3 heterocycles. The van der Waals surface area contributed by atoms with Crippen molar-refractivity contribution in [2.75, 3.05) is 37.7 Å². The molecule has 2 aliphatic heterocycles. The predicted molar refractivity (Wildman–Crippen MR) is 91.1 cm³/mol. The minimum atomic E-state index is -0.276. The van der Waals surface area contributed by atoms with E-state index in [2.05, 4.69) is 39.1 Å². The number of carbonyl (C=O) groups excluding carboxylic acids is 1. The van der Waals surface area contributed by atoms with E-state index in [1.54, 1.807) is 12.5 Å². The molecule has 1 unspecified atom stereocenters. The number of nitrogens with one attached hydrogen (secondary N) is 1. The second-order valence-electron chi connectivity index (χ2n) is 6.58. The first-order valence-corrected chi connectivity index (χ1v) is 8.47. The molecule has 2 aliphatic rings. The number of benzene rings is 1. The summed E-state index contributed by atoms with van der Waals surface area (Å²) in [6.07, 6.45) is 5.19. The molecule has 0 radical (unpaired) electrons. The lowest BCUT2D eigenvalue weighted by atomic mass is 9.90. The Kier molecular flexibility index (Phi) is 3.98. The Balaban J connectivity index is 1.50. The fraction of sp³-hybridized carbons (Fsp3) is 0.444. The molecule has 126 valence electrons. The highest BCUT2D eigenvalue weighted by molar-refractivity contribution is 5.92.